The van der Waals surface area contributed by atoms with E-state index in [9.17, 15) is 4.79 Å². The van der Waals surface area contributed by atoms with Crippen molar-refractivity contribution in [3.8, 4) is 17.2 Å². The quantitative estimate of drug-likeness (QED) is 0.810. The zero-order chi connectivity index (χ0) is 17.6. The molecule has 0 spiro atoms. The second-order valence-electron chi connectivity index (χ2n) is 6.08. The first-order valence-corrected chi connectivity index (χ1v) is 8.41. The molecule has 0 aromatic heterocycles. The normalized spacial score (nSPS) is 12.6. The maximum atomic E-state index is 12.4. The topological polar surface area (TPSA) is 48.0 Å². The highest BCUT2D eigenvalue weighted by atomic mass is 16.6. The van der Waals surface area contributed by atoms with Crippen LogP contribution in [0.3, 0.4) is 0 Å². The molecule has 5 nitrogen and oxygen atoms in total. The average Bonchev–Trinajstić information content (AvgIpc) is 2.66. The van der Waals surface area contributed by atoms with E-state index in [-0.39, 0.29) is 5.91 Å². The van der Waals surface area contributed by atoms with E-state index in [1.807, 2.05) is 49.5 Å². The van der Waals surface area contributed by atoms with Gasteiger partial charge in [0.25, 0.3) is 0 Å². The zero-order valence-corrected chi connectivity index (χ0v) is 14.7. The van der Waals surface area contributed by atoms with E-state index < -0.39 is 0 Å². The SMILES string of the molecule is COc1ccc(CN(C)C(=O)CCc2ccc3c(c2)OCCO3)cc1. The smallest absolute Gasteiger partial charge is 0.222 e. The van der Waals surface area contributed by atoms with Crippen LogP contribution in [0.25, 0.3) is 0 Å². The molecule has 2 aromatic carbocycles. The zero-order valence-electron chi connectivity index (χ0n) is 14.7. The van der Waals surface area contributed by atoms with E-state index in [2.05, 4.69) is 0 Å². The van der Waals surface area contributed by atoms with Gasteiger partial charge >= 0.3 is 0 Å². The molecule has 0 radical (unpaired) electrons. The lowest BCUT2D eigenvalue weighted by molar-refractivity contribution is -0.130. The van der Waals surface area contributed by atoms with Crippen LogP contribution in [0.4, 0.5) is 0 Å². The third kappa shape index (κ3) is 4.44. The minimum absolute atomic E-state index is 0.116. The number of ether oxygens (including phenoxy) is 3. The minimum atomic E-state index is 0.116. The molecule has 0 saturated carbocycles. The summed E-state index contributed by atoms with van der Waals surface area (Å²) in [6, 6.07) is 13.6. The lowest BCUT2D eigenvalue weighted by Gasteiger charge is -2.19. The van der Waals surface area contributed by atoms with E-state index in [4.69, 9.17) is 14.2 Å². The Hall–Kier alpha value is -2.69. The molecule has 5 heteroatoms. The van der Waals surface area contributed by atoms with Crippen LogP contribution in [-0.2, 0) is 17.8 Å². The summed E-state index contributed by atoms with van der Waals surface area (Å²) >= 11 is 0. The van der Waals surface area contributed by atoms with E-state index in [1.165, 1.54) is 0 Å². The monoisotopic (exact) mass is 341 g/mol. The van der Waals surface area contributed by atoms with E-state index >= 15 is 0 Å². The number of amides is 1. The number of nitrogens with zero attached hydrogens (tertiary/aromatic N) is 1. The molecule has 0 fully saturated rings. The van der Waals surface area contributed by atoms with Crippen molar-refractivity contribution >= 4 is 5.91 Å². The first-order valence-electron chi connectivity index (χ1n) is 8.41. The molecule has 2 aromatic rings. The van der Waals surface area contributed by atoms with Crippen molar-refractivity contribution in [3.05, 3.63) is 53.6 Å². The van der Waals surface area contributed by atoms with Gasteiger partial charge in [-0.15, -0.1) is 0 Å². The van der Waals surface area contributed by atoms with Gasteiger partial charge in [0.15, 0.2) is 11.5 Å². The molecular formula is C20H23NO4. The van der Waals surface area contributed by atoms with Crippen LogP contribution in [0.15, 0.2) is 42.5 Å². The first-order chi connectivity index (χ1) is 12.2. The number of methoxy groups -OCH3 is 1. The van der Waals surface area contributed by atoms with Gasteiger partial charge in [0.05, 0.1) is 7.11 Å². The van der Waals surface area contributed by atoms with Gasteiger partial charge < -0.3 is 19.1 Å². The van der Waals surface area contributed by atoms with Crippen LogP contribution in [-0.4, -0.2) is 38.2 Å². The molecule has 1 heterocycles. The standard InChI is InChI=1S/C20H23NO4/c1-21(14-16-3-7-17(23-2)8-4-16)20(22)10-6-15-5-9-18-19(13-15)25-12-11-24-18/h3-5,7-9,13H,6,10-12,14H2,1-2H3. The Kier molecular flexibility index (Phi) is 5.43. The first kappa shape index (κ1) is 17.1. The average molecular weight is 341 g/mol. The van der Waals surface area contributed by atoms with Gasteiger partial charge in [-0.2, -0.15) is 0 Å². The Balaban J connectivity index is 1.52. The number of hydrogen-bond donors (Lipinski definition) is 0. The van der Waals surface area contributed by atoms with Crippen molar-refractivity contribution in [1.82, 2.24) is 4.90 Å². The summed E-state index contributed by atoms with van der Waals surface area (Å²) in [5.41, 5.74) is 2.16. The Bertz CT molecular complexity index is 727. The number of rotatable bonds is 6. The van der Waals surface area contributed by atoms with Crippen molar-refractivity contribution in [2.45, 2.75) is 19.4 Å². The summed E-state index contributed by atoms with van der Waals surface area (Å²) in [6.07, 6.45) is 1.15. The molecule has 0 N–H and O–H groups in total. The molecule has 1 aliphatic heterocycles. The van der Waals surface area contributed by atoms with Crippen LogP contribution in [0.2, 0.25) is 0 Å². The van der Waals surface area contributed by atoms with Crippen LogP contribution < -0.4 is 14.2 Å². The summed E-state index contributed by atoms with van der Waals surface area (Å²) in [4.78, 5) is 14.1. The van der Waals surface area contributed by atoms with Gasteiger partial charge in [-0.1, -0.05) is 18.2 Å². The highest BCUT2D eigenvalue weighted by molar-refractivity contribution is 5.76. The molecule has 0 atom stereocenters. The molecule has 1 amide bonds. The molecular weight excluding hydrogens is 318 g/mol. The Morgan fingerprint density at radius 2 is 1.72 bits per heavy atom. The number of carbonyl (C=O) groups is 1. The fourth-order valence-corrected chi connectivity index (χ4v) is 2.78. The number of aryl methyl sites for hydroxylation is 1. The van der Waals surface area contributed by atoms with E-state index in [0.29, 0.717) is 32.6 Å². The predicted molar refractivity (Wildman–Crippen MR) is 95.2 cm³/mol. The Morgan fingerprint density at radius 1 is 1.04 bits per heavy atom. The maximum absolute atomic E-state index is 12.4. The largest absolute Gasteiger partial charge is 0.497 e. The van der Waals surface area contributed by atoms with Gasteiger partial charge in [0, 0.05) is 20.0 Å². The van der Waals surface area contributed by atoms with Gasteiger partial charge in [-0.3, -0.25) is 4.79 Å². The van der Waals surface area contributed by atoms with Crippen LogP contribution in [0.1, 0.15) is 17.5 Å². The summed E-state index contributed by atoms with van der Waals surface area (Å²) in [5.74, 6) is 2.47. The van der Waals surface area contributed by atoms with Gasteiger partial charge in [-0.25, -0.2) is 0 Å². The van der Waals surface area contributed by atoms with Crippen LogP contribution in [0, 0.1) is 0 Å². The number of carbonyl (C=O) groups excluding carboxylic acids is 1. The highest BCUT2D eigenvalue weighted by Gasteiger charge is 2.14. The van der Waals surface area contributed by atoms with Crippen molar-refractivity contribution in [3.63, 3.8) is 0 Å². The van der Waals surface area contributed by atoms with Crippen molar-refractivity contribution in [2.24, 2.45) is 0 Å². The molecule has 25 heavy (non-hydrogen) atoms. The molecule has 0 bridgehead atoms. The van der Waals surface area contributed by atoms with Crippen molar-refractivity contribution in [1.29, 1.82) is 0 Å². The predicted octanol–water partition coefficient (Wildman–Crippen LogP) is 3.06. The van der Waals surface area contributed by atoms with Crippen molar-refractivity contribution < 1.29 is 19.0 Å². The molecule has 132 valence electrons. The van der Waals surface area contributed by atoms with E-state index in [1.54, 1.807) is 12.0 Å². The lowest BCUT2D eigenvalue weighted by atomic mass is 10.1. The number of fused-ring (bicyclic) bond motifs is 1. The molecule has 0 aliphatic carbocycles. The van der Waals surface area contributed by atoms with Crippen LogP contribution >= 0.6 is 0 Å². The fourth-order valence-electron chi connectivity index (χ4n) is 2.78. The second-order valence-corrected chi connectivity index (χ2v) is 6.08. The van der Waals surface area contributed by atoms with Gasteiger partial charge in [-0.05, 0) is 41.8 Å². The number of hydrogen-bond acceptors (Lipinski definition) is 4. The maximum Gasteiger partial charge on any atom is 0.222 e. The summed E-state index contributed by atoms with van der Waals surface area (Å²) < 4.78 is 16.3. The molecule has 3 rings (SSSR count). The minimum Gasteiger partial charge on any atom is -0.497 e. The summed E-state index contributed by atoms with van der Waals surface area (Å²) in [6.45, 7) is 1.74. The number of benzene rings is 2. The molecule has 0 unspecified atom stereocenters. The molecule has 0 saturated heterocycles. The third-order valence-corrected chi connectivity index (χ3v) is 4.24. The summed E-state index contributed by atoms with van der Waals surface area (Å²) in [5, 5.41) is 0. The fraction of sp³-hybridized carbons (Fsp3) is 0.350. The van der Waals surface area contributed by atoms with Crippen molar-refractivity contribution in [2.75, 3.05) is 27.4 Å². The second kappa shape index (κ2) is 7.92. The molecule has 1 aliphatic rings. The lowest BCUT2D eigenvalue weighted by Crippen LogP contribution is -2.26. The van der Waals surface area contributed by atoms with Crippen LogP contribution in [0.5, 0.6) is 17.2 Å². The Labute approximate surface area is 148 Å². The Morgan fingerprint density at radius 3 is 2.44 bits per heavy atom. The highest BCUT2D eigenvalue weighted by Crippen LogP contribution is 2.31. The summed E-state index contributed by atoms with van der Waals surface area (Å²) in [7, 11) is 3.47. The van der Waals surface area contributed by atoms with Gasteiger partial charge in [0.1, 0.15) is 19.0 Å². The van der Waals surface area contributed by atoms with Gasteiger partial charge in [0.2, 0.25) is 5.91 Å². The van der Waals surface area contributed by atoms with E-state index in [0.717, 1.165) is 28.4 Å². The third-order valence-electron chi connectivity index (χ3n) is 4.24.